The zero-order valence-electron chi connectivity index (χ0n) is 36.8. The molecule has 6 aromatic rings. The van der Waals surface area contributed by atoms with Crippen molar-refractivity contribution in [2.75, 3.05) is 0 Å². The minimum absolute atomic E-state index is 0.117. The Bertz CT molecular complexity index is 2920. The number of rotatable bonds is 0. The Hall–Kier alpha value is -6.27. The molecule has 0 bridgehead atoms. The van der Waals surface area contributed by atoms with Gasteiger partial charge in [-0.2, -0.15) is 0 Å². The predicted octanol–water partition coefficient (Wildman–Crippen LogP) is 11.8. The third-order valence-electron chi connectivity index (χ3n) is 20.1. The molecule has 0 amide bonds. The van der Waals surface area contributed by atoms with E-state index < -0.39 is 16.8 Å². The first-order chi connectivity index (χ1) is 32.3. The number of benzene rings is 6. The highest BCUT2D eigenvalue weighted by Crippen LogP contribution is 2.86. The van der Waals surface area contributed by atoms with E-state index >= 15 is 0 Å². The molecule has 6 fully saturated rings. The van der Waals surface area contributed by atoms with Crippen LogP contribution in [-0.2, 0) is 47.3 Å². The average Bonchev–Trinajstić information content (AvgIpc) is 4.12. The van der Waals surface area contributed by atoms with E-state index in [1.54, 1.807) is 0 Å². The molecule has 9 spiro atoms. The number of hydrogen-bond acceptors (Lipinski definition) is 6. The molecule has 6 aromatic carbocycles. The Kier molecular flexibility index (Phi) is 6.30. The van der Waals surface area contributed by atoms with Crippen molar-refractivity contribution in [2.45, 2.75) is 110 Å². The Morgan fingerprint density at radius 3 is 0.697 bits per heavy atom. The van der Waals surface area contributed by atoms with Crippen LogP contribution >= 0.6 is 0 Å². The Morgan fingerprint density at radius 1 is 0.258 bits per heavy atom. The van der Waals surface area contributed by atoms with Crippen LogP contribution in [0.5, 0.6) is 0 Å². The van der Waals surface area contributed by atoms with Gasteiger partial charge in [-0.3, -0.25) is 0 Å². The van der Waals surface area contributed by atoms with E-state index in [4.69, 9.17) is 14.2 Å². The summed E-state index contributed by atoms with van der Waals surface area (Å²) < 4.78 is 18.7. The Balaban J connectivity index is 0.0000000877. The van der Waals surface area contributed by atoms with Crippen LogP contribution in [0, 0.1) is 16.2 Å². The lowest BCUT2D eigenvalue weighted by Gasteiger charge is -2.35. The Morgan fingerprint density at radius 2 is 0.470 bits per heavy atom. The summed E-state index contributed by atoms with van der Waals surface area (Å²) in [5.74, 6) is -0.432. The lowest BCUT2D eigenvalue weighted by atomic mass is 9.73. The van der Waals surface area contributed by atoms with Gasteiger partial charge in [0, 0.05) is 65.9 Å². The molecule has 6 nitrogen and oxygen atoms in total. The average molecular weight is 865 g/mol. The topological polar surface area (TPSA) is 78.9 Å². The maximum Gasteiger partial charge on any atom is 0.339 e. The van der Waals surface area contributed by atoms with Crippen LogP contribution in [0.15, 0.2) is 146 Å². The van der Waals surface area contributed by atoms with E-state index in [1.165, 1.54) is 110 Å². The minimum Gasteiger partial charge on any atom is -0.445 e. The van der Waals surface area contributed by atoms with Gasteiger partial charge in [-0.05, 0) is 112 Å². The van der Waals surface area contributed by atoms with E-state index in [0.717, 1.165) is 33.4 Å². The lowest BCUT2D eigenvalue weighted by molar-refractivity contribution is -0.0278. The van der Waals surface area contributed by atoms with Crippen molar-refractivity contribution in [2.24, 2.45) is 16.2 Å². The number of fused-ring (bicyclic) bond motifs is 21. The number of hydrogen-bond donors (Lipinski definition) is 0. The van der Waals surface area contributed by atoms with Crippen molar-refractivity contribution in [1.29, 1.82) is 0 Å². The van der Waals surface area contributed by atoms with Crippen molar-refractivity contribution >= 4 is 17.9 Å². The van der Waals surface area contributed by atoms with Gasteiger partial charge < -0.3 is 14.2 Å². The summed E-state index contributed by atoms with van der Waals surface area (Å²) in [4.78, 5) is 37.7. The second-order valence-electron chi connectivity index (χ2n) is 22.0. The van der Waals surface area contributed by atoms with Crippen molar-refractivity contribution in [1.82, 2.24) is 0 Å². The monoisotopic (exact) mass is 864 g/mol. The first-order valence-electron chi connectivity index (χ1n) is 24.5. The number of carbonyl (C=O) groups excluding carboxylic acids is 3. The molecule has 6 heteroatoms. The van der Waals surface area contributed by atoms with E-state index in [0.29, 0.717) is 0 Å². The number of esters is 3. The van der Waals surface area contributed by atoms with Crippen LogP contribution in [0.2, 0.25) is 0 Å². The zero-order chi connectivity index (χ0) is 43.7. The van der Waals surface area contributed by atoms with Gasteiger partial charge in [0.1, 0.15) is 0 Å². The highest BCUT2D eigenvalue weighted by atomic mass is 16.6. The molecule has 6 saturated carbocycles. The first kappa shape index (κ1) is 36.9. The molecular weight excluding hydrogens is 817 g/mol. The smallest absolute Gasteiger partial charge is 0.339 e. The minimum atomic E-state index is -0.520. The molecule has 0 unspecified atom stereocenters. The van der Waals surface area contributed by atoms with Crippen LogP contribution < -0.4 is 0 Å². The molecule has 18 rings (SSSR count). The SMILES string of the molecule is O=C1O[C@@]2(c3ccccc31)c1ccccc1C1(CC1)C21CC1.O=C1O[C@]2(c3ccccc31)c1ccccc1C1(CC1)C21CC1.O=C1O[C@]2(c3ccccc31)c1ccccc1C1(CC1)C21CC1. The van der Waals surface area contributed by atoms with Gasteiger partial charge in [0.15, 0.2) is 16.8 Å². The van der Waals surface area contributed by atoms with Crippen LogP contribution in [-0.4, -0.2) is 17.9 Å². The van der Waals surface area contributed by atoms with Crippen molar-refractivity contribution in [3.63, 3.8) is 0 Å². The van der Waals surface area contributed by atoms with Gasteiger partial charge in [0.2, 0.25) is 0 Å². The van der Waals surface area contributed by atoms with Gasteiger partial charge in [0.25, 0.3) is 0 Å². The van der Waals surface area contributed by atoms with Crippen LogP contribution in [0.4, 0.5) is 0 Å². The van der Waals surface area contributed by atoms with Gasteiger partial charge in [-0.1, -0.05) is 127 Å². The summed E-state index contributed by atoms with van der Waals surface area (Å²) in [7, 11) is 0. The lowest BCUT2D eigenvalue weighted by Crippen LogP contribution is -2.38. The summed E-state index contributed by atoms with van der Waals surface area (Å²) in [5, 5.41) is 0. The molecule has 0 aromatic heterocycles. The van der Waals surface area contributed by atoms with Gasteiger partial charge in [-0.15, -0.1) is 0 Å². The normalized spacial score (nSPS) is 30.5. The molecule has 0 radical (unpaired) electrons. The second-order valence-corrected chi connectivity index (χ2v) is 22.0. The summed E-state index contributed by atoms with van der Waals surface area (Å²) in [6, 6.07) is 50.1. The van der Waals surface area contributed by atoms with Crippen molar-refractivity contribution in [3.8, 4) is 0 Å². The van der Waals surface area contributed by atoms with Crippen molar-refractivity contribution < 1.29 is 28.6 Å². The standard InChI is InChI=1S/3C20H16O2/c3*21-17-13-5-1-2-6-14(13)20(22-17)16-8-4-3-7-15(16)18(9-10-18)19(20)11-12-19/h3*1-8H,9-12H2/t3*20-/m110/s1. The van der Waals surface area contributed by atoms with Crippen LogP contribution in [0.3, 0.4) is 0 Å². The highest BCUT2D eigenvalue weighted by molar-refractivity contribution is 5.98. The molecule has 9 aliphatic carbocycles. The van der Waals surface area contributed by atoms with E-state index in [1.807, 2.05) is 54.6 Å². The molecule has 324 valence electrons. The molecule has 12 aliphatic rings. The molecule has 66 heavy (non-hydrogen) atoms. The summed E-state index contributed by atoms with van der Waals surface area (Å²) >= 11 is 0. The first-order valence-corrected chi connectivity index (χ1v) is 24.5. The molecule has 0 N–H and O–H groups in total. The second kappa shape index (κ2) is 11.3. The largest absolute Gasteiger partial charge is 0.445 e. The fraction of sp³-hybridized carbons (Fsp3) is 0.350. The number of ether oxygens (including phenoxy) is 3. The van der Waals surface area contributed by atoms with Gasteiger partial charge >= 0.3 is 17.9 Å². The molecule has 0 saturated heterocycles. The zero-order valence-corrected chi connectivity index (χ0v) is 36.8. The fourth-order valence-corrected chi connectivity index (χ4v) is 17.0. The van der Waals surface area contributed by atoms with E-state index in [2.05, 4.69) is 91.0 Å². The quantitative estimate of drug-likeness (QED) is 0.112. The molecular formula is C60H48O6. The van der Waals surface area contributed by atoms with Crippen LogP contribution in [0.25, 0.3) is 0 Å². The van der Waals surface area contributed by atoms with Crippen LogP contribution in [0.1, 0.15) is 158 Å². The maximum absolute atomic E-state index is 12.6. The summed E-state index contributed by atoms with van der Waals surface area (Å²) in [6.07, 6.45) is 14.5. The third-order valence-corrected chi connectivity index (χ3v) is 20.1. The summed E-state index contributed by atoms with van der Waals surface area (Å²) in [5.41, 5.74) is 13.3. The highest BCUT2D eigenvalue weighted by Gasteiger charge is 2.85. The number of carbonyl (C=O) groups is 3. The van der Waals surface area contributed by atoms with Crippen molar-refractivity contribution in [3.05, 3.63) is 212 Å². The summed E-state index contributed by atoms with van der Waals surface area (Å²) in [6.45, 7) is 0. The molecule has 3 heterocycles. The van der Waals surface area contributed by atoms with E-state index in [9.17, 15) is 14.4 Å². The third kappa shape index (κ3) is 3.68. The maximum atomic E-state index is 12.6. The molecule has 3 atom stereocenters. The van der Waals surface area contributed by atoms with E-state index in [-0.39, 0.29) is 50.4 Å². The van der Waals surface area contributed by atoms with Gasteiger partial charge in [0.05, 0.1) is 16.7 Å². The van der Waals surface area contributed by atoms with Gasteiger partial charge in [-0.25, -0.2) is 14.4 Å². The Labute approximate surface area is 383 Å². The fourth-order valence-electron chi connectivity index (χ4n) is 17.0. The predicted molar refractivity (Wildman–Crippen MR) is 245 cm³/mol. The molecule has 3 aliphatic heterocycles.